The maximum absolute atomic E-state index is 10.3. The summed E-state index contributed by atoms with van der Waals surface area (Å²) >= 11 is 1.77. The number of nitrogens with one attached hydrogen (secondary N) is 4. The summed E-state index contributed by atoms with van der Waals surface area (Å²) in [6, 6.07) is 62.4. The van der Waals surface area contributed by atoms with Crippen LogP contribution in [0.15, 0.2) is 211 Å². The smallest absolute Gasteiger partial charge is 0.150 e. The first-order chi connectivity index (χ1) is 38.3. The monoisotopic (exact) mass is 1090 g/mol. The Balaban J connectivity index is -0.000000400. The number of nitrogens with zero attached hydrogens (tertiary/aromatic N) is 1. The number of methoxy groups -OCH3 is 1. The lowest BCUT2D eigenvalue weighted by Gasteiger charge is -2.05. The molecule has 0 radical (unpaired) electrons. The molecule has 0 saturated heterocycles. The number of carbonyl (C=O) groups is 1. The van der Waals surface area contributed by atoms with E-state index in [4.69, 9.17) is 4.74 Å². The largest absolute Gasteiger partial charge is 0.497 e. The van der Waals surface area contributed by atoms with E-state index in [-0.39, 0.29) is 0 Å². The molecule has 6 aromatic carbocycles. The van der Waals surface area contributed by atoms with Crippen molar-refractivity contribution in [2.24, 2.45) is 0 Å². The first-order valence-corrected chi connectivity index (χ1v) is 29.3. The van der Waals surface area contributed by atoms with Crippen molar-refractivity contribution in [3.63, 3.8) is 0 Å². The number of ether oxygens (including phenoxy) is 1. The highest BCUT2D eigenvalue weighted by Gasteiger charge is 1.99. The van der Waals surface area contributed by atoms with Crippen molar-refractivity contribution in [1.82, 2.24) is 4.98 Å². The van der Waals surface area contributed by atoms with Gasteiger partial charge in [0, 0.05) is 68.9 Å². The van der Waals surface area contributed by atoms with E-state index in [1.54, 1.807) is 18.4 Å². The fourth-order valence-corrected chi connectivity index (χ4v) is 6.54. The van der Waals surface area contributed by atoms with Gasteiger partial charge in [0.05, 0.1) is 7.11 Å². The van der Waals surface area contributed by atoms with Gasteiger partial charge in [0.25, 0.3) is 0 Å². The predicted molar refractivity (Wildman–Crippen MR) is 359 cm³/mol. The van der Waals surface area contributed by atoms with Crippen molar-refractivity contribution in [2.45, 2.75) is 134 Å². The summed E-state index contributed by atoms with van der Waals surface area (Å²) in [7, 11) is 9.33. The van der Waals surface area contributed by atoms with E-state index in [1.165, 1.54) is 22.3 Å². The third-order valence-corrected chi connectivity index (χ3v) is 11.1. The van der Waals surface area contributed by atoms with E-state index >= 15 is 0 Å². The quantitative estimate of drug-likeness (QED) is 0.102. The molecule has 0 unspecified atom stereocenters. The second kappa shape index (κ2) is 57.0. The summed E-state index contributed by atoms with van der Waals surface area (Å²) in [5.41, 5.74) is 10.8. The molecule has 0 aliphatic rings. The van der Waals surface area contributed by atoms with Gasteiger partial charge in [-0.05, 0) is 136 Å². The van der Waals surface area contributed by atoms with Gasteiger partial charge in [-0.3, -0.25) is 9.78 Å². The van der Waals surface area contributed by atoms with Crippen LogP contribution in [0, 0.1) is 0 Å². The first-order valence-electron chi connectivity index (χ1n) is 28.3. The van der Waals surface area contributed by atoms with E-state index in [2.05, 4.69) is 111 Å². The molecular weight excluding hydrogens is 987 g/mol. The van der Waals surface area contributed by atoms with Crippen LogP contribution in [-0.2, 0) is 0 Å². The topological polar surface area (TPSA) is 87.3 Å². The van der Waals surface area contributed by atoms with E-state index in [0.29, 0.717) is 23.7 Å². The average molecular weight is 1090 g/mol. The molecule has 8 rings (SSSR count). The van der Waals surface area contributed by atoms with E-state index in [1.807, 2.05) is 266 Å². The van der Waals surface area contributed by atoms with E-state index in [9.17, 15) is 4.79 Å². The first kappa shape index (κ1) is 78.3. The Morgan fingerprint density at radius 2 is 0.658 bits per heavy atom. The molecule has 4 N–H and O–H groups in total. The number of hydrogen-bond acceptors (Lipinski definition) is 8. The van der Waals surface area contributed by atoms with Crippen LogP contribution in [0.4, 0.5) is 22.7 Å². The Morgan fingerprint density at radius 1 is 0.380 bits per heavy atom. The van der Waals surface area contributed by atoms with Crippen LogP contribution in [-0.4, -0.2) is 46.6 Å². The van der Waals surface area contributed by atoms with Gasteiger partial charge in [0.2, 0.25) is 0 Å². The summed E-state index contributed by atoms with van der Waals surface area (Å²) in [6.07, 6.45) is 4.52. The molecule has 0 saturated carbocycles. The standard InChI is InChI=1S/C10H14O.C10H12O.C8H11N.4C7H9N.C7H10S.4C2H6/c1-8(2)9-4-6-10(11-3)7-5-9;1-8(2)10-5-3-9(7-11)4-6-10;1-7(2)8-3-5-9-6-4-8;4*1-8-7-5-3-2-4-6-7;1-6(2)7-3-4-8-5-7;4*1-2/h4-8H,1-3H3;3-8H,1-2H3;3-7H,1-2H3;4*2-6,8H,1H3;3-6H,1-2H3;4*1-2H3. The lowest BCUT2D eigenvalue weighted by atomic mass is 10.0. The average Bonchev–Trinajstić information content (AvgIpc) is 4.10. The van der Waals surface area contributed by atoms with Crippen LogP contribution >= 0.6 is 11.3 Å². The van der Waals surface area contributed by atoms with E-state index in [0.717, 1.165) is 40.3 Å². The van der Waals surface area contributed by atoms with Crippen molar-refractivity contribution in [2.75, 3.05) is 56.6 Å². The zero-order valence-corrected chi connectivity index (χ0v) is 53.6. The maximum Gasteiger partial charge on any atom is 0.150 e. The van der Waals surface area contributed by atoms with Gasteiger partial charge in [-0.25, -0.2) is 0 Å². The minimum absolute atomic E-state index is 0.538. The van der Waals surface area contributed by atoms with Crippen molar-refractivity contribution in [1.29, 1.82) is 0 Å². The number of aldehydes is 1. The van der Waals surface area contributed by atoms with Gasteiger partial charge < -0.3 is 26.0 Å². The second-order valence-corrected chi connectivity index (χ2v) is 17.8. The Hall–Kier alpha value is -7.16. The fourth-order valence-electron chi connectivity index (χ4n) is 5.72. The third-order valence-electron chi connectivity index (χ3n) is 10.4. The molecule has 79 heavy (non-hydrogen) atoms. The summed E-state index contributed by atoms with van der Waals surface area (Å²) in [6.45, 7) is 33.4. The number of hydrogen-bond donors (Lipinski definition) is 4. The number of anilines is 4. The van der Waals surface area contributed by atoms with Crippen molar-refractivity contribution in [3.8, 4) is 5.75 Å². The molecule has 0 aliphatic heterocycles. The molecule has 0 aliphatic carbocycles. The maximum atomic E-state index is 10.3. The minimum Gasteiger partial charge on any atom is -0.497 e. The number of benzene rings is 6. The molecule has 0 bridgehead atoms. The zero-order valence-electron chi connectivity index (χ0n) is 52.8. The predicted octanol–water partition coefficient (Wildman–Crippen LogP) is 21.5. The van der Waals surface area contributed by atoms with Crippen LogP contribution in [0.1, 0.15) is 167 Å². The molecule has 2 heterocycles. The Labute approximate surface area is 488 Å². The van der Waals surface area contributed by atoms with Crippen LogP contribution in [0.25, 0.3) is 0 Å². The highest BCUT2D eigenvalue weighted by atomic mass is 32.1. The molecule has 0 spiro atoms. The fraction of sp³-hybridized carbons (Fsp3) is 0.352. The Bertz CT molecular complexity index is 2220. The zero-order chi connectivity index (χ0) is 60.5. The lowest BCUT2D eigenvalue weighted by molar-refractivity contribution is 0.112. The summed E-state index contributed by atoms with van der Waals surface area (Å²) in [5, 5.41) is 16.4. The second-order valence-electron chi connectivity index (χ2n) is 17.0. The molecule has 0 amide bonds. The summed E-state index contributed by atoms with van der Waals surface area (Å²) < 4.78 is 5.05. The highest BCUT2D eigenvalue weighted by Crippen LogP contribution is 2.19. The number of thiophene rings is 1. The van der Waals surface area contributed by atoms with Crippen molar-refractivity contribution < 1.29 is 9.53 Å². The van der Waals surface area contributed by atoms with Gasteiger partial charge in [0.1, 0.15) is 12.0 Å². The van der Waals surface area contributed by atoms with Crippen molar-refractivity contribution in [3.05, 3.63) is 239 Å². The molecule has 0 atom stereocenters. The van der Waals surface area contributed by atoms with E-state index < -0.39 is 0 Å². The Kier molecular flexibility index (Phi) is 56.5. The molecule has 7 nitrogen and oxygen atoms in total. The number of para-hydroxylation sites is 4. The highest BCUT2D eigenvalue weighted by molar-refractivity contribution is 7.08. The third kappa shape index (κ3) is 43.5. The SMILES string of the molecule is CC.CC.CC.CC.CC(C)c1ccc(C=O)cc1.CC(C)c1ccncc1.CC(C)c1ccsc1.CNc1ccccc1.CNc1ccccc1.CNc1ccccc1.CNc1ccccc1.COc1ccc(C(C)C)cc1. The van der Waals surface area contributed by atoms with Crippen LogP contribution in [0.5, 0.6) is 5.75 Å². The summed E-state index contributed by atoms with van der Waals surface area (Å²) in [4.78, 5) is 14.2. The molecule has 8 aromatic rings. The van der Waals surface area contributed by atoms with Crippen molar-refractivity contribution >= 4 is 40.4 Å². The lowest BCUT2D eigenvalue weighted by Crippen LogP contribution is -1.87. The molecular formula is C71H107N5O2S. The van der Waals surface area contributed by atoms with Crippen LogP contribution in [0.3, 0.4) is 0 Å². The van der Waals surface area contributed by atoms with Gasteiger partial charge in [0.15, 0.2) is 0 Å². The van der Waals surface area contributed by atoms with Gasteiger partial charge >= 0.3 is 0 Å². The minimum atomic E-state index is 0.538. The van der Waals surface area contributed by atoms with Crippen LogP contribution < -0.4 is 26.0 Å². The Morgan fingerprint density at radius 3 is 0.848 bits per heavy atom. The number of pyridine rings is 1. The molecule has 2 aromatic heterocycles. The molecule has 0 fully saturated rings. The van der Waals surface area contributed by atoms with Gasteiger partial charge in [-0.2, -0.15) is 11.3 Å². The summed E-state index contributed by atoms with van der Waals surface area (Å²) in [5.74, 6) is 3.38. The number of rotatable bonds is 10. The molecule has 434 valence electrons. The normalized spacial score (nSPS) is 8.82. The molecule has 8 heteroatoms. The number of aromatic nitrogens is 1. The van der Waals surface area contributed by atoms with Gasteiger partial charge in [-0.1, -0.05) is 220 Å². The van der Waals surface area contributed by atoms with Gasteiger partial charge in [-0.15, -0.1) is 0 Å². The number of carbonyl (C=O) groups excluding carboxylic acids is 1. The van der Waals surface area contributed by atoms with Crippen LogP contribution in [0.2, 0.25) is 0 Å².